The molecule has 3 N–H and O–H groups in total. The lowest BCUT2D eigenvalue weighted by atomic mass is 9.81. The van der Waals surface area contributed by atoms with Crippen LogP contribution >= 0.6 is 0 Å². The smallest absolute Gasteiger partial charge is 0.261 e. The third kappa shape index (κ3) is 7.21. The first-order valence-electron chi connectivity index (χ1n) is 18.3. The van der Waals surface area contributed by atoms with Gasteiger partial charge in [-0.1, -0.05) is 177 Å². The van der Waals surface area contributed by atoms with Gasteiger partial charge >= 0.3 is 0 Å². The van der Waals surface area contributed by atoms with Crippen LogP contribution in [0.5, 0.6) is 0 Å². The van der Waals surface area contributed by atoms with Gasteiger partial charge in [0.15, 0.2) is 0 Å². The zero-order valence-electron chi connectivity index (χ0n) is 36.2. The normalized spacial score (nSPS) is 18.6. The van der Waals surface area contributed by atoms with E-state index in [2.05, 4.69) is 177 Å². The number of hydrogen-bond donors (Lipinski definition) is 3. The number of hydrogen-bond acceptors (Lipinski definition) is 3. The van der Waals surface area contributed by atoms with Crippen molar-refractivity contribution in [2.75, 3.05) is 0 Å². The maximum absolute atomic E-state index is 4.91. The first kappa shape index (κ1) is 45.7. The molecule has 0 bridgehead atoms. The third-order valence-electron chi connectivity index (χ3n) is 12.9. The summed E-state index contributed by atoms with van der Waals surface area (Å²) in [5.41, 5.74) is 0. The first-order chi connectivity index (χ1) is 19.1. The molecule has 1 rings (SSSR count). The molecule has 0 aromatic heterocycles. The number of rotatable bonds is 12. The van der Waals surface area contributed by atoms with Crippen molar-refractivity contribution in [1.29, 1.82) is 0 Å². The lowest BCUT2D eigenvalue weighted by Crippen LogP contribution is -3.07. The highest BCUT2D eigenvalue weighted by Crippen LogP contribution is 2.44. The van der Waals surface area contributed by atoms with Gasteiger partial charge in [-0.3, -0.25) is 0 Å². The van der Waals surface area contributed by atoms with Crippen LogP contribution < -0.4 is 15.4 Å². The van der Waals surface area contributed by atoms with Gasteiger partial charge in [-0.25, -0.2) is 0 Å². The average molecular weight is 820 g/mol. The van der Waals surface area contributed by atoms with Crippen LogP contribution in [0.25, 0.3) is 0 Å². The Kier molecular flexibility index (Phi) is 13.2. The maximum atomic E-state index is 4.91. The lowest BCUT2D eigenvalue weighted by Gasteiger charge is -2.68. The quantitative estimate of drug-likeness (QED) is 0.173. The summed E-state index contributed by atoms with van der Waals surface area (Å²) < 4.78 is 0. The SMILES string of the molecule is C[Si](C)(C)[Si](B1NB([Si]([Si](C)(C)C)([Si](C)(C)C)[Si](C)(C)C)NB([Si]([Si](C)(C)C)([Si](C)(C)C)[Si](C)(C)C)N1)([Si](C)(C)C)[Si](C)(C)C. The van der Waals surface area contributed by atoms with Crippen LogP contribution in [0.1, 0.15) is 0 Å². The average Bonchev–Trinajstić information content (AvgIpc) is 2.57. The molecule has 45 heavy (non-hydrogen) atoms. The summed E-state index contributed by atoms with van der Waals surface area (Å²) >= 11 is 0. The fourth-order valence-corrected chi connectivity index (χ4v) is 317. The second kappa shape index (κ2) is 13.0. The van der Waals surface area contributed by atoms with Crippen molar-refractivity contribution in [3.05, 3.63) is 0 Å². The van der Waals surface area contributed by atoms with Crippen LogP contribution in [0.3, 0.4) is 0 Å². The molecular formula is C27H84B3N3Si12. The van der Waals surface area contributed by atoms with Crippen molar-refractivity contribution in [3.63, 3.8) is 0 Å². The van der Waals surface area contributed by atoms with Crippen molar-refractivity contribution in [2.24, 2.45) is 0 Å². The molecule has 0 spiro atoms. The van der Waals surface area contributed by atoms with E-state index in [1.54, 1.807) is 0 Å². The molecule has 0 aromatic carbocycles. The zero-order valence-corrected chi connectivity index (χ0v) is 48.2. The molecule has 1 fully saturated rings. The summed E-state index contributed by atoms with van der Waals surface area (Å²) in [6, 6.07) is 0. The topological polar surface area (TPSA) is 36.1 Å². The van der Waals surface area contributed by atoms with E-state index >= 15 is 0 Å². The van der Waals surface area contributed by atoms with Crippen molar-refractivity contribution in [3.8, 4) is 0 Å². The minimum Gasteiger partial charge on any atom is -0.378 e. The molecule has 1 heterocycles. The predicted molar refractivity (Wildman–Crippen MR) is 254 cm³/mol. The summed E-state index contributed by atoms with van der Waals surface area (Å²) in [6.45, 7) is 73.0. The largest absolute Gasteiger partial charge is 0.378 e. The summed E-state index contributed by atoms with van der Waals surface area (Å²) in [4.78, 5) is 0. The Morgan fingerprint density at radius 2 is 0.289 bits per heavy atom. The van der Waals surface area contributed by atoms with Crippen molar-refractivity contribution < 1.29 is 0 Å². The van der Waals surface area contributed by atoms with Crippen LogP contribution in [0.2, 0.25) is 177 Å². The molecule has 0 aliphatic carbocycles. The predicted octanol–water partition coefficient (Wildman–Crippen LogP) is 8.56. The van der Waals surface area contributed by atoms with E-state index in [-0.39, 0.29) is 0 Å². The van der Waals surface area contributed by atoms with E-state index in [4.69, 9.17) is 15.4 Å². The molecule has 1 saturated heterocycles. The van der Waals surface area contributed by atoms with Crippen molar-refractivity contribution >= 4 is 108 Å². The summed E-state index contributed by atoms with van der Waals surface area (Å²) in [6.07, 6.45) is 0. The van der Waals surface area contributed by atoms with Gasteiger partial charge in [-0.15, -0.1) is 0 Å². The van der Waals surface area contributed by atoms with Gasteiger partial charge in [-0.2, -0.15) is 0 Å². The molecule has 0 aromatic rings. The second-order valence-electron chi connectivity index (χ2n) is 24.5. The van der Waals surface area contributed by atoms with Crippen molar-refractivity contribution in [2.45, 2.75) is 177 Å². The summed E-state index contributed by atoms with van der Waals surface area (Å²) in [5, 5.41) is 14.7. The highest BCUT2D eigenvalue weighted by Gasteiger charge is 2.76. The minimum atomic E-state index is -1.80. The Balaban J connectivity index is 4.74. The standard InChI is InChI=1S/C27H84B3N3Si12/c1-34(2,3)43(35(4,5)6,36(7,8)9)28-31-29(44(37(10,11)12,38(13,14)15)39(16,17)18)33-30(32-28)45(40(19,20)21,41(22,23)24)42(25,26)27/h31-33H,1-27H3. The molecule has 0 unspecified atom stereocenters. The Morgan fingerprint density at radius 1 is 0.200 bits per heavy atom. The van der Waals surface area contributed by atoms with E-state index in [9.17, 15) is 0 Å². The van der Waals surface area contributed by atoms with Crippen LogP contribution in [0.4, 0.5) is 0 Å². The van der Waals surface area contributed by atoms with Crippen LogP contribution in [-0.2, 0) is 0 Å². The number of nitrogens with one attached hydrogen (secondary N) is 3. The third-order valence-corrected chi connectivity index (χ3v) is 231. The second-order valence-corrected chi connectivity index (χ2v) is 147. The van der Waals surface area contributed by atoms with E-state index in [1.165, 1.54) is 0 Å². The molecule has 1 aliphatic heterocycles. The first-order valence-corrected chi connectivity index (χ1v) is 65.1. The molecule has 18 heteroatoms. The Labute approximate surface area is 297 Å². The van der Waals surface area contributed by atoms with E-state index < -0.39 is 87.8 Å². The maximum Gasteiger partial charge on any atom is 0.261 e. The molecule has 0 amide bonds. The molecular weight excluding hydrogens is 736 g/mol. The van der Waals surface area contributed by atoms with Gasteiger partial charge in [0.2, 0.25) is 0 Å². The molecule has 0 radical (unpaired) electrons. The van der Waals surface area contributed by atoms with E-state index in [1.807, 2.05) is 0 Å². The fourth-order valence-electron chi connectivity index (χ4n) is 15.4. The fraction of sp³-hybridized carbons (Fsp3) is 1.00. The summed E-state index contributed by atoms with van der Waals surface area (Å²) in [7, 11) is -13.9. The highest BCUT2D eigenvalue weighted by molar-refractivity contribution is 8.09. The lowest BCUT2D eigenvalue weighted by molar-refractivity contribution is 1.23. The molecule has 0 atom stereocenters. The Bertz CT molecular complexity index is 801. The van der Waals surface area contributed by atoms with Gasteiger partial charge in [-0.05, 0) is 0 Å². The highest BCUT2D eigenvalue weighted by atomic mass is 29.9. The van der Waals surface area contributed by atoms with Crippen LogP contribution in [0, 0.1) is 0 Å². The Hall–Kier alpha value is 2.68. The Morgan fingerprint density at radius 3 is 0.356 bits per heavy atom. The van der Waals surface area contributed by atoms with E-state index in [0.717, 1.165) is 0 Å². The van der Waals surface area contributed by atoms with E-state index in [0.29, 0.717) is 19.7 Å². The molecule has 264 valence electrons. The molecule has 0 saturated carbocycles. The van der Waals surface area contributed by atoms with Gasteiger partial charge in [0, 0.05) is 68.3 Å². The zero-order chi connectivity index (χ0) is 36.9. The van der Waals surface area contributed by atoms with Gasteiger partial charge in [0.25, 0.3) is 19.7 Å². The molecule has 1 aliphatic rings. The van der Waals surface area contributed by atoms with Crippen LogP contribution in [-0.4, -0.2) is 108 Å². The van der Waals surface area contributed by atoms with Gasteiger partial charge in [0.05, 0.1) is 19.5 Å². The van der Waals surface area contributed by atoms with Crippen LogP contribution in [0.15, 0.2) is 0 Å². The van der Waals surface area contributed by atoms with Crippen molar-refractivity contribution in [1.82, 2.24) is 15.4 Å². The molecule has 3 nitrogen and oxygen atoms in total. The minimum absolute atomic E-state index is 0.575. The summed E-state index contributed by atoms with van der Waals surface area (Å²) in [5.74, 6) is 0. The monoisotopic (exact) mass is 819 g/mol. The van der Waals surface area contributed by atoms with Gasteiger partial charge < -0.3 is 15.4 Å². The van der Waals surface area contributed by atoms with Gasteiger partial charge in [0.1, 0.15) is 0 Å².